The number of benzene rings is 1. The minimum atomic E-state index is -4.60. The zero-order valence-corrected chi connectivity index (χ0v) is 12.3. The molecule has 0 radical (unpaired) electrons. The van der Waals surface area contributed by atoms with E-state index in [0.29, 0.717) is 13.0 Å². The van der Waals surface area contributed by atoms with Gasteiger partial charge in [0.15, 0.2) is 0 Å². The third-order valence-electron chi connectivity index (χ3n) is 3.41. The number of nitrogens with one attached hydrogen (secondary N) is 2. The number of hydrogen-bond donors (Lipinski definition) is 2. The van der Waals surface area contributed by atoms with Gasteiger partial charge in [0.1, 0.15) is 6.10 Å². The predicted octanol–water partition coefficient (Wildman–Crippen LogP) is 1.73. The highest BCUT2D eigenvalue weighted by Gasteiger charge is 2.34. The summed E-state index contributed by atoms with van der Waals surface area (Å²) >= 11 is 0. The van der Waals surface area contributed by atoms with Crippen LogP contribution in [-0.2, 0) is 15.7 Å². The molecule has 1 saturated heterocycles. The summed E-state index contributed by atoms with van der Waals surface area (Å²) in [6.07, 6.45) is -3.60. The van der Waals surface area contributed by atoms with Crippen molar-refractivity contribution >= 4 is 11.8 Å². The molecule has 2 amide bonds. The van der Waals surface area contributed by atoms with E-state index in [0.717, 1.165) is 18.6 Å². The lowest BCUT2D eigenvalue weighted by atomic mass is 10.1. The van der Waals surface area contributed by atoms with E-state index in [4.69, 9.17) is 4.74 Å². The van der Waals surface area contributed by atoms with Gasteiger partial charge in [-0.1, -0.05) is 12.1 Å². The highest BCUT2D eigenvalue weighted by atomic mass is 19.4. The third kappa shape index (κ3) is 4.69. The fourth-order valence-corrected chi connectivity index (χ4v) is 2.28. The van der Waals surface area contributed by atoms with Gasteiger partial charge in [-0.05, 0) is 25.0 Å². The van der Waals surface area contributed by atoms with Crippen LogP contribution in [0.1, 0.15) is 28.8 Å². The minimum absolute atomic E-state index is 0.0312. The summed E-state index contributed by atoms with van der Waals surface area (Å²) < 4.78 is 43.7. The molecule has 8 heteroatoms. The quantitative estimate of drug-likeness (QED) is 0.808. The first-order chi connectivity index (χ1) is 10.9. The Bertz CT molecular complexity index is 569. The SMILES string of the molecule is O=C(NCCNC(=O)C1CCCO1)c1ccccc1C(F)(F)F. The lowest BCUT2D eigenvalue weighted by Crippen LogP contribution is -2.39. The fraction of sp³-hybridized carbons (Fsp3) is 0.467. The Hall–Kier alpha value is -2.09. The highest BCUT2D eigenvalue weighted by Crippen LogP contribution is 2.31. The van der Waals surface area contributed by atoms with Crippen molar-refractivity contribution in [3.8, 4) is 0 Å². The zero-order chi connectivity index (χ0) is 16.9. The molecular weight excluding hydrogens is 313 g/mol. The molecule has 0 bridgehead atoms. The molecule has 1 aliphatic rings. The van der Waals surface area contributed by atoms with E-state index in [1.807, 2.05) is 0 Å². The lowest BCUT2D eigenvalue weighted by molar-refractivity contribution is -0.138. The summed E-state index contributed by atoms with van der Waals surface area (Å²) in [5.41, 5.74) is -1.42. The van der Waals surface area contributed by atoms with Gasteiger partial charge in [0.2, 0.25) is 5.91 Å². The molecular formula is C15H17F3N2O3. The van der Waals surface area contributed by atoms with Crippen molar-refractivity contribution in [2.24, 2.45) is 0 Å². The molecule has 126 valence electrons. The van der Waals surface area contributed by atoms with Crippen LogP contribution < -0.4 is 10.6 Å². The number of alkyl halides is 3. The van der Waals surface area contributed by atoms with Crippen LogP contribution in [0.5, 0.6) is 0 Å². The second kappa shape index (κ2) is 7.45. The van der Waals surface area contributed by atoms with E-state index >= 15 is 0 Å². The molecule has 23 heavy (non-hydrogen) atoms. The van der Waals surface area contributed by atoms with Crippen molar-refractivity contribution in [2.75, 3.05) is 19.7 Å². The molecule has 1 aromatic rings. The molecule has 1 heterocycles. The molecule has 0 aromatic heterocycles. The van der Waals surface area contributed by atoms with Gasteiger partial charge in [0.25, 0.3) is 5.91 Å². The molecule has 1 aliphatic heterocycles. The Morgan fingerprint density at radius 2 is 1.87 bits per heavy atom. The summed E-state index contributed by atoms with van der Waals surface area (Å²) in [5, 5.41) is 4.94. The van der Waals surface area contributed by atoms with E-state index < -0.39 is 29.3 Å². The maximum atomic E-state index is 12.8. The maximum absolute atomic E-state index is 12.8. The van der Waals surface area contributed by atoms with Crippen molar-refractivity contribution in [3.63, 3.8) is 0 Å². The standard InChI is InChI=1S/C15H17F3N2O3/c16-15(17,18)11-5-2-1-4-10(11)13(21)19-7-8-20-14(22)12-6-3-9-23-12/h1-2,4-5,12H,3,6-9H2,(H,19,21)(H,20,22). The first-order valence-electron chi connectivity index (χ1n) is 7.23. The number of rotatable bonds is 5. The Kier molecular flexibility index (Phi) is 5.59. The van der Waals surface area contributed by atoms with E-state index in [9.17, 15) is 22.8 Å². The van der Waals surface area contributed by atoms with Gasteiger partial charge in [-0.3, -0.25) is 9.59 Å². The van der Waals surface area contributed by atoms with Crippen LogP contribution >= 0.6 is 0 Å². The van der Waals surface area contributed by atoms with Crippen LogP contribution in [0.25, 0.3) is 0 Å². The molecule has 1 atom stereocenters. The summed E-state index contributed by atoms with van der Waals surface area (Å²) in [5.74, 6) is -1.10. The average Bonchev–Trinajstić information content (AvgIpc) is 3.04. The fourth-order valence-electron chi connectivity index (χ4n) is 2.28. The molecule has 2 rings (SSSR count). The first-order valence-corrected chi connectivity index (χ1v) is 7.23. The molecule has 0 aliphatic carbocycles. The maximum Gasteiger partial charge on any atom is 0.417 e. The van der Waals surface area contributed by atoms with Crippen LogP contribution in [0.4, 0.5) is 13.2 Å². The Morgan fingerprint density at radius 1 is 1.17 bits per heavy atom. The average molecular weight is 330 g/mol. The number of halogens is 3. The van der Waals surface area contributed by atoms with Gasteiger partial charge in [0, 0.05) is 19.7 Å². The van der Waals surface area contributed by atoms with Gasteiger partial charge in [0.05, 0.1) is 11.1 Å². The van der Waals surface area contributed by atoms with Crippen molar-refractivity contribution in [1.29, 1.82) is 0 Å². The molecule has 1 aromatic carbocycles. The van der Waals surface area contributed by atoms with Gasteiger partial charge in [-0.25, -0.2) is 0 Å². The van der Waals surface area contributed by atoms with Gasteiger partial charge in [-0.2, -0.15) is 13.2 Å². The third-order valence-corrected chi connectivity index (χ3v) is 3.41. The molecule has 1 unspecified atom stereocenters. The van der Waals surface area contributed by atoms with E-state index in [-0.39, 0.29) is 19.0 Å². The van der Waals surface area contributed by atoms with Crippen LogP contribution in [0.15, 0.2) is 24.3 Å². The number of amides is 2. The van der Waals surface area contributed by atoms with Gasteiger partial charge in [-0.15, -0.1) is 0 Å². The van der Waals surface area contributed by atoms with Crippen molar-refractivity contribution in [1.82, 2.24) is 10.6 Å². The van der Waals surface area contributed by atoms with Crippen molar-refractivity contribution in [2.45, 2.75) is 25.1 Å². The topological polar surface area (TPSA) is 67.4 Å². The lowest BCUT2D eigenvalue weighted by Gasteiger charge is -2.13. The summed E-state index contributed by atoms with van der Waals surface area (Å²) in [7, 11) is 0. The molecule has 2 N–H and O–H groups in total. The highest BCUT2D eigenvalue weighted by molar-refractivity contribution is 5.95. The van der Waals surface area contributed by atoms with Crippen LogP contribution in [0.3, 0.4) is 0 Å². The Balaban J connectivity index is 1.82. The smallest absolute Gasteiger partial charge is 0.368 e. The molecule has 1 fully saturated rings. The normalized spacial score (nSPS) is 17.8. The van der Waals surface area contributed by atoms with Crippen molar-refractivity contribution < 1.29 is 27.5 Å². The van der Waals surface area contributed by atoms with Crippen LogP contribution in [0, 0.1) is 0 Å². The van der Waals surface area contributed by atoms with Crippen LogP contribution in [-0.4, -0.2) is 37.6 Å². The Morgan fingerprint density at radius 3 is 2.52 bits per heavy atom. The zero-order valence-electron chi connectivity index (χ0n) is 12.3. The van der Waals surface area contributed by atoms with E-state index in [2.05, 4.69) is 10.6 Å². The predicted molar refractivity (Wildman–Crippen MR) is 75.8 cm³/mol. The number of hydrogen-bond acceptors (Lipinski definition) is 3. The summed E-state index contributed by atoms with van der Waals surface area (Å²) in [4.78, 5) is 23.5. The summed E-state index contributed by atoms with van der Waals surface area (Å²) in [6.45, 7) is 0.700. The van der Waals surface area contributed by atoms with Gasteiger partial charge < -0.3 is 15.4 Å². The summed E-state index contributed by atoms with van der Waals surface area (Å²) in [6, 6.07) is 4.56. The second-order valence-corrected chi connectivity index (χ2v) is 5.09. The largest absolute Gasteiger partial charge is 0.417 e. The monoisotopic (exact) mass is 330 g/mol. The second-order valence-electron chi connectivity index (χ2n) is 5.09. The van der Waals surface area contributed by atoms with Crippen LogP contribution in [0.2, 0.25) is 0 Å². The molecule has 0 spiro atoms. The number of ether oxygens (including phenoxy) is 1. The van der Waals surface area contributed by atoms with E-state index in [1.165, 1.54) is 12.1 Å². The van der Waals surface area contributed by atoms with Gasteiger partial charge >= 0.3 is 6.18 Å². The first kappa shape index (κ1) is 17.3. The molecule has 5 nitrogen and oxygen atoms in total. The number of carbonyl (C=O) groups is 2. The minimum Gasteiger partial charge on any atom is -0.368 e. The molecule has 0 saturated carbocycles. The van der Waals surface area contributed by atoms with E-state index in [1.54, 1.807) is 0 Å². The Labute approximate surface area is 131 Å². The number of carbonyl (C=O) groups excluding carboxylic acids is 2. The van der Waals surface area contributed by atoms with Crippen molar-refractivity contribution in [3.05, 3.63) is 35.4 Å².